The molecule has 1 atom stereocenters. The van der Waals surface area contributed by atoms with Crippen LogP contribution in [0.1, 0.15) is 12.6 Å². The lowest BCUT2D eigenvalue weighted by atomic mass is 10.3. The van der Waals surface area contributed by atoms with Gasteiger partial charge in [-0.15, -0.1) is 0 Å². The molecule has 1 aromatic rings. The Labute approximate surface area is 76.0 Å². The normalized spacial score (nSPS) is 13.0. The molecular weight excluding hydrogens is 168 g/mol. The summed E-state index contributed by atoms with van der Waals surface area (Å²) in [5.74, 6) is -0.938. The fraction of sp³-hybridized carbons (Fsp3) is 0.222. The minimum absolute atomic E-state index is 0.663. The molecule has 1 heterocycles. The Morgan fingerprint density at radius 3 is 3.00 bits per heavy atom. The van der Waals surface area contributed by atoms with Crippen LogP contribution in [0.3, 0.4) is 0 Å². The van der Waals surface area contributed by atoms with Crippen LogP contribution in [0.4, 0.5) is 0 Å². The molecule has 0 bridgehead atoms. The number of aliphatic carboxylic acids is 1. The van der Waals surface area contributed by atoms with E-state index in [0.717, 1.165) is 0 Å². The van der Waals surface area contributed by atoms with Gasteiger partial charge in [0.25, 0.3) is 0 Å². The Balaban J connectivity index is 2.64. The molecule has 0 aliphatic heterocycles. The number of carboxylic acid groups (broad SMARTS) is 1. The predicted molar refractivity (Wildman–Crippen MR) is 48.9 cm³/mol. The van der Waals surface area contributed by atoms with Crippen molar-refractivity contribution < 1.29 is 9.90 Å². The van der Waals surface area contributed by atoms with Crippen LogP contribution in [0.2, 0.25) is 0 Å². The van der Waals surface area contributed by atoms with E-state index in [9.17, 15) is 4.79 Å². The molecule has 1 N–H and O–H groups in total. The third-order valence-corrected chi connectivity index (χ3v) is 1.48. The van der Waals surface area contributed by atoms with Gasteiger partial charge >= 0.3 is 5.97 Å². The number of pyridine rings is 1. The Bertz CT molecular complexity index is 309. The van der Waals surface area contributed by atoms with E-state index < -0.39 is 12.0 Å². The summed E-state index contributed by atoms with van der Waals surface area (Å²) >= 11 is 0. The third-order valence-electron chi connectivity index (χ3n) is 1.48. The van der Waals surface area contributed by atoms with Gasteiger partial charge in [0.2, 0.25) is 0 Å². The number of aliphatic imine (C=N–C) groups is 1. The SMILES string of the molecule is CC(/N=C/c1ccccn1)C(=O)O. The maximum Gasteiger partial charge on any atom is 0.328 e. The van der Waals surface area contributed by atoms with Crippen LogP contribution in [0.5, 0.6) is 0 Å². The molecule has 68 valence electrons. The molecule has 0 aliphatic rings. The lowest BCUT2D eigenvalue weighted by Crippen LogP contribution is -2.13. The van der Waals surface area contributed by atoms with E-state index in [2.05, 4.69) is 9.98 Å². The van der Waals surface area contributed by atoms with Crippen LogP contribution >= 0.6 is 0 Å². The summed E-state index contributed by atoms with van der Waals surface area (Å²) in [6.45, 7) is 1.52. The van der Waals surface area contributed by atoms with Gasteiger partial charge in [-0.1, -0.05) is 6.07 Å². The zero-order valence-electron chi connectivity index (χ0n) is 7.21. The van der Waals surface area contributed by atoms with Crippen LogP contribution in [-0.4, -0.2) is 28.3 Å². The van der Waals surface area contributed by atoms with E-state index in [1.54, 1.807) is 18.3 Å². The van der Waals surface area contributed by atoms with Gasteiger partial charge < -0.3 is 5.11 Å². The highest BCUT2D eigenvalue weighted by molar-refractivity contribution is 5.81. The average molecular weight is 178 g/mol. The molecule has 0 spiro atoms. The number of carboxylic acids is 1. The molecule has 4 nitrogen and oxygen atoms in total. The lowest BCUT2D eigenvalue weighted by Gasteiger charge is -1.96. The van der Waals surface area contributed by atoms with Crippen molar-refractivity contribution in [1.29, 1.82) is 0 Å². The van der Waals surface area contributed by atoms with Crippen molar-refractivity contribution in [2.24, 2.45) is 4.99 Å². The van der Waals surface area contributed by atoms with Gasteiger partial charge in [-0.2, -0.15) is 0 Å². The molecule has 13 heavy (non-hydrogen) atoms. The molecule has 1 rings (SSSR count). The monoisotopic (exact) mass is 178 g/mol. The van der Waals surface area contributed by atoms with E-state index in [0.29, 0.717) is 5.69 Å². The Morgan fingerprint density at radius 1 is 1.69 bits per heavy atom. The largest absolute Gasteiger partial charge is 0.480 e. The van der Waals surface area contributed by atoms with Gasteiger partial charge in [0.1, 0.15) is 6.04 Å². The second-order valence-electron chi connectivity index (χ2n) is 2.55. The van der Waals surface area contributed by atoms with Gasteiger partial charge in [0, 0.05) is 12.4 Å². The first kappa shape index (κ1) is 9.38. The molecule has 0 aromatic carbocycles. The van der Waals surface area contributed by atoms with Gasteiger partial charge in [-0.3, -0.25) is 9.98 Å². The third kappa shape index (κ3) is 3.02. The summed E-state index contributed by atoms with van der Waals surface area (Å²) in [6.07, 6.45) is 3.09. The van der Waals surface area contributed by atoms with E-state index in [1.165, 1.54) is 13.1 Å². The predicted octanol–water partition coefficient (Wildman–Crippen LogP) is 0.974. The molecule has 0 fully saturated rings. The Kier molecular flexibility index (Phi) is 3.14. The zero-order chi connectivity index (χ0) is 9.68. The summed E-state index contributed by atoms with van der Waals surface area (Å²) in [5, 5.41) is 8.53. The minimum Gasteiger partial charge on any atom is -0.480 e. The van der Waals surface area contributed by atoms with Gasteiger partial charge in [-0.05, 0) is 19.1 Å². The lowest BCUT2D eigenvalue weighted by molar-refractivity contribution is -0.137. The quantitative estimate of drug-likeness (QED) is 0.701. The summed E-state index contributed by atoms with van der Waals surface area (Å²) in [7, 11) is 0. The topological polar surface area (TPSA) is 62.5 Å². The molecule has 0 radical (unpaired) electrons. The van der Waals surface area contributed by atoms with E-state index >= 15 is 0 Å². The number of carbonyl (C=O) groups is 1. The number of nitrogens with zero attached hydrogens (tertiary/aromatic N) is 2. The van der Waals surface area contributed by atoms with Gasteiger partial charge in [0.05, 0.1) is 5.69 Å². The van der Waals surface area contributed by atoms with Crippen LogP contribution in [0.15, 0.2) is 29.4 Å². The highest BCUT2D eigenvalue weighted by Gasteiger charge is 2.06. The second kappa shape index (κ2) is 4.35. The van der Waals surface area contributed by atoms with Crippen molar-refractivity contribution in [2.45, 2.75) is 13.0 Å². The average Bonchev–Trinajstić information content (AvgIpc) is 2.15. The number of aromatic nitrogens is 1. The smallest absolute Gasteiger partial charge is 0.328 e. The van der Waals surface area contributed by atoms with Crippen molar-refractivity contribution in [1.82, 2.24) is 4.98 Å². The Morgan fingerprint density at radius 2 is 2.46 bits per heavy atom. The van der Waals surface area contributed by atoms with Crippen LogP contribution in [-0.2, 0) is 4.79 Å². The fourth-order valence-corrected chi connectivity index (χ4v) is 0.704. The van der Waals surface area contributed by atoms with Crippen molar-refractivity contribution >= 4 is 12.2 Å². The standard InChI is InChI=1S/C9H10N2O2/c1-7(9(12)13)11-6-8-4-2-3-5-10-8/h2-7H,1H3,(H,12,13)/b11-6+. The molecule has 1 aromatic heterocycles. The van der Waals surface area contributed by atoms with Gasteiger partial charge in [-0.25, -0.2) is 4.79 Å². The van der Waals surface area contributed by atoms with Crippen LogP contribution in [0, 0.1) is 0 Å². The first-order valence-corrected chi connectivity index (χ1v) is 3.87. The van der Waals surface area contributed by atoms with Crippen molar-refractivity contribution in [2.75, 3.05) is 0 Å². The summed E-state index contributed by atoms with van der Waals surface area (Å²) in [5.41, 5.74) is 0.663. The Hall–Kier alpha value is -1.71. The molecule has 4 heteroatoms. The van der Waals surface area contributed by atoms with Crippen LogP contribution in [0.25, 0.3) is 0 Å². The van der Waals surface area contributed by atoms with Gasteiger partial charge in [0.15, 0.2) is 0 Å². The van der Waals surface area contributed by atoms with E-state index in [4.69, 9.17) is 5.11 Å². The second-order valence-corrected chi connectivity index (χ2v) is 2.55. The summed E-state index contributed by atoms with van der Waals surface area (Å²) in [6, 6.07) is 4.65. The highest BCUT2D eigenvalue weighted by Crippen LogP contribution is 1.92. The number of rotatable bonds is 3. The maximum atomic E-state index is 10.4. The molecular formula is C9H10N2O2. The maximum absolute atomic E-state index is 10.4. The summed E-state index contributed by atoms with van der Waals surface area (Å²) < 4.78 is 0. The van der Waals surface area contributed by atoms with Crippen LogP contribution < -0.4 is 0 Å². The molecule has 0 saturated heterocycles. The zero-order valence-corrected chi connectivity index (χ0v) is 7.21. The highest BCUT2D eigenvalue weighted by atomic mass is 16.4. The molecule has 1 unspecified atom stereocenters. The molecule has 0 amide bonds. The number of hydrogen-bond acceptors (Lipinski definition) is 3. The minimum atomic E-state index is -0.938. The fourth-order valence-electron chi connectivity index (χ4n) is 0.704. The van der Waals surface area contributed by atoms with E-state index in [1.807, 2.05) is 6.07 Å². The first-order chi connectivity index (χ1) is 6.20. The number of hydrogen-bond donors (Lipinski definition) is 1. The summed E-state index contributed by atoms with van der Waals surface area (Å²) in [4.78, 5) is 18.2. The first-order valence-electron chi connectivity index (χ1n) is 3.87. The van der Waals surface area contributed by atoms with Crippen molar-refractivity contribution in [3.05, 3.63) is 30.1 Å². The van der Waals surface area contributed by atoms with Crippen molar-refractivity contribution in [3.63, 3.8) is 0 Å². The molecule has 0 aliphatic carbocycles. The molecule has 0 saturated carbocycles. The van der Waals surface area contributed by atoms with E-state index in [-0.39, 0.29) is 0 Å². The van der Waals surface area contributed by atoms with Crippen molar-refractivity contribution in [3.8, 4) is 0 Å².